The highest BCUT2D eigenvalue weighted by atomic mass is 16.5. The second kappa shape index (κ2) is 15.6. The van der Waals surface area contributed by atoms with Crippen LogP contribution in [0.15, 0.2) is 91.0 Å². The number of nitrogens with zero attached hydrogens (tertiary/aromatic N) is 4. The van der Waals surface area contributed by atoms with Gasteiger partial charge in [-0.2, -0.15) is 0 Å². The SMILES string of the molecule is COc1ccc2c(c1)CCCC(c1ccccc1)=C2c1ccc(N2CCC(CN3CCN(c4ccc5c(c4)CN(C4CCC(=O)NC4=O)C5=O)CC3)CC2)cc1. The number of nitrogens with one attached hydrogen (secondary N) is 1. The molecule has 4 aliphatic heterocycles. The van der Waals surface area contributed by atoms with Gasteiger partial charge in [0.1, 0.15) is 11.8 Å². The highest BCUT2D eigenvalue weighted by molar-refractivity contribution is 6.05. The number of piperidine rings is 2. The van der Waals surface area contributed by atoms with Crippen molar-refractivity contribution in [2.75, 3.05) is 62.7 Å². The number of carbonyl (C=O) groups excluding carboxylic acids is 3. The number of fused-ring (bicyclic) bond motifs is 2. The van der Waals surface area contributed by atoms with Crippen molar-refractivity contribution in [3.8, 4) is 5.75 Å². The summed E-state index contributed by atoms with van der Waals surface area (Å²) >= 11 is 0. The number of aryl methyl sites for hydroxylation is 1. The Bertz CT molecular complexity index is 2150. The Balaban J connectivity index is 0.801. The Hall–Kier alpha value is -5.41. The fourth-order valence-electron chi connectivity index (χ4n) is 9.67. The van der Waals surface area contributed by atoms with Crippen LogP contribution in [-0.2, 0) is 22.6 Å². The van der Waals surface area contributed by atoms with Crippen molar-refractivity contribution >= 4 is 40.2 Å². The molecule has 288 valence electrons. The average molecular weight is 750 g/mol. The van der Waals surface area contributed by atoms with Gasteiger partial charge >= 0.3 is 0 Å². The first-order chi connectivity index (χ1) is 27.4. The number of piperazine rings is 1. The predicted octanol–water partition coefficient (Wildman–Crippen LogP) is 6.79. The lowest BCUT2D eigenvalue weighted by Gasteiger charge is -2.40. The Kier molecular flexibility index (Phi) is 10.1. The third-order valence-electron chi connectivity index (χ3n) is 12.8. The van der Waals surface area contributed by atoms with E-state index < -0.39 is 6.04 Å². The standard InChI is InChI=1S/C47H51N5O4/c1-56-39-15-17-41-35(29-39)8-5-9-40(33-6-3-2-4-7-33)45(41)34-10-12-37(13-11-34)50-22-20-32(21-23-50)30-49-24-26-51(27-25-49)38-14-16-42-36(28-38)31-52(47(42)55)43-18-19-44(53)48-46(43)54/h2-4,6-7,10-17,28-29,32,43H,5,8-9,18-27,30-31H2,1H3,(H,48,53,54). The number of anilines is 2. The molecule has 5 aliphatic rings. The number of hydrogen-bond donors (Lipinski definition) is 1. The van der Waals surface area contributed by atoms with Crippen LogP contribution in [0, 0.1) is 5.92 Å². The third kappa shape index (κ3) is 7.20. The van der Waals surface area contributed by atoms with E-state index in [2.05, 4.69) is 105 Å². The number of ether oxygens (including phenoxy) is 1. The molecule has 9 rings (SSSR count). The van der Waals surface area contributed by atoms with E-state index in [-0.39, 0.29) is 24.1 Å². The summed E-state index contributed by atoms with van der Waals surface area (Å²) in [6.45, 7) is 7.66. The van der Waals surface area contributed by atoms with E-state index in [1.807, 2.05) is 6.07 Å². The molecule has 1 N–H and O–H groups in total. The minimum absolute atomic E-state index is 0.119. The van der Waals surface area contributed by atoms with Gasteiger partial charge in [0.15, 0.2) is 0 Å². The zero-order chi connectivity index (χ0) is 38.2. The van der Waals surface area contributed by atoms with E-state index in [1.54, 1.807) is 12.0 Å². The molecule has 56 heavy (non-hydrogen) atoms. The molecular formula is C47H51N5O4. The maximum Gasteiger partial charge on any atom is 0.255 e. The summed E-state index contributed by atoms with van der Waals surface area (Å²) in [5, 5.41) is 2.39. The van der Waals surface area contributed by atoms with Crippen LogP contribution in [0.2, 0.25) is 0 Å². The van der Waals surface area contributed by atoms with Crippen LogP contribution < -0.4 is 19.9 Å². The van der Waals surface area contributed by atoms with Crippen molar-refractivity contribution in [1.82, 2.24) is 15.1 Å². The monoisotopic (exact) mass is 749 g/mol. The molecule has 0 aromatic heterocycles. The highest BCUT2D eigenvalue weighted by Gasteiger charge is 2.39. The van der Waals surface area contributed by atoms with Gasteiger partial charge in [-0.05, 0) is 126 Å². The molecule has 9 nitrogen and oxygen atoms in total. The van der Waals surface area contributed by atoms with Crippen LogP contribution in [0.5, 0.6) is 5.75 Å². The second-order valence-electron chi connectivity index (χ2n) is 16.1. The largest absolute Gasteiger partial charge is 0.497 e. The molecular weight excluding hydrogens is 699 g/mol. The molecule has 1 unspecified atom stereocenters. The predicted molar refractivity (Wildman–Crippen MR) is 221 cm³/mol. The number of allylic oxidation sites excluding steroid dienone is 1. The van der Waals surface area contributed by atoms with Crippen molar-refractivity contribution in [1.29, 1.82) is 0 Å². The second-order valence-corrected chi connectivity index (χ2v) is 16.1. The minimum Gasteiger partial charge on any atom is -0.497 e. The third-order valence-corrected chi connectivity index (χ3v) is 12.8. The van der Waals surface area contributed by atoms with Crippen LogP contribution >= 0.6 is 0 Å². The molecule has 0 spiro atoms. The zero-order valence-corrected chi connectivity index (χ0v) is 32.3. The summed E-state index contributed by atoms with van der Waals surface area (Å²) in [6.07, 6.45) is 6.24. The lowest BCUT2D eigenvalue weighted by atomic mass is 9.87. The van der Waals surface area contributed by atoms with Gasteiger partial charge in [-0.15, -0.1) is 0 Å². The quantitative estimate of drug-likeness (QED) is 0.199. The van der Waals surface area contributed by atoms with E-state index in [0.717, 1.165) is 82.1 Å². The van der Waals surface area contributed by atoms with Crippen LogP contribution in [-0.4, -0.2) is 86.5 Å². The number of methoxy groups -OCH3 is 1. The highest BCUT2D eigenvalue weighted by Crippen LogP contribution is 2.41. The molecule has 1 atom stereocenters. The maximum atomic E-state index is 13.2. The van der Waals surface area contributed by atoms with Gasteiger partial charge in [-0.25, -0.2) is 0 Å². The number of imide groups is 1. The summed E-state index contributed by atoms with van der Waals surface area (Å²) in [4.78, 5) is 46.5. The van der Waals surface area contributed by atoms with Crippen LogP contribution in [0.4, 0.5) is 11.4 Å². The first-order valence-electron chi connectivity index (χ1n) is 20.5. The van der Waals surface area contributed by atoms with Crippen molar-refractivity contribution in [3.05, 3.63) is 124 Å². The molecule has 9 heteroatoms. The van der Waals surface area contributed by atoms with Crippen molar-refractivity contribution < 1.29 is 19.1 Å². The van der Waals surface area contributed by atoms with Crippen LogP contribution in [0.25, 0.3) is 11.1 Å². The van der Waals surface area contributed by atoms with Gasteiger partial charge in [0.2, 0.25) is 11.8 Å². The average Bonchev–Trinajstić information content (AvgIpc) is 3.43. The summed E-state index contributed by atoms with van der Waals surface area (Å²) in [5.41, 5.74) is 12.1. The summed E-state index contributed by atoms with van der Waals surface area (Å²) in [6, 6.07) is 32.3. The number of rotatable bonds is 8. The molecule has 0 saturated carbocycles. The Labute approximate surface area is 329 Å². The molecule has 3 saturated heterocycles. The topological polar surface area (TPSA) is 85.4 Å². The molecule has 0 bridgehead atoms. The Morgan fingerprint density at radius 1 is 0.679 bits per heavy atom. The van der Waals surface area contributed by atoms with Crippen LogP contribution in [0.1, 0.15) is 76.7 Å². The Morgan fingerprint density at radius 2 is 1.41 bits per heavy atom. The first-order valence-corrected chi connectivity index (χ1v) is 20.5. The number of benzene rings is 4. The summed E-state index contributed by atoms with van der Waals surface area (Å²) < 4.78 is 5.61. The first kappa shape index (κ1) is 36.2. The lowest BCUT2D eigenvalue weighted by Crippen LogP contribution is -2.52. The van der Waals surface area contributed by atoms with Gasteiger partial charge in [0, 0.05) is 75.7 Å². The fraction of sp³-hybridized carbons (Fsp3) is 0.383. The van der Waals surface area contributed by atoms with Crippen molar-refractivity contribution in [2.24, 2.45) is 5.92 Å². The normalized spacial score (nSPS) is 20.8. The smallest absolute Gasteiger partial charge is 0.255 e. The molecule has 4 aromatic rings. The molecule has 3 amide bonds. The van der Waals surface area contributed by atoms with Gasteiger partial charge in [-0.3, -0.25) is 24.6 Å². The maximum absolute atomic E-state index is 13.2. The molecule has 3 fully saturated rings. The van der Waals surface area contributed by atoms with E-state index in [9.17, 15) is 14.4 Å². The van der Waals surface area contributed by atoms with E-state index in [0.29, 0.717) is 24.4 Å². The lowest BCUT2D eigenvalue weighted by molar-refractivity contribution is -0.136. The molecule has 1 aliphatic carbocycles. The molecule has 4 aromatic carbocycles. The number of amides is 3. The molecule has 0 radical (unpaired) electrons. The van der Waals surface area contributed by atoms with E-state index in [4.69, 9.17) is 4.74 Å². The van der Waals surface area contributed by atoms with E-state index in [1.165, 1.54) is 51.9 Å². The van der Waals surface area contributed by atoms with Gasteiger partial charge in [-0.1, -0.05) is 48.5 Å². The van der Waals surface area contributed by atoms with Crippen LogP contribution in [0.3, 0.4) is 0 Å². The van der Waals surface area contributed by atoms with Crippen molar-refractivity contribution in [3.63, 3.8) is 0 Å². The fourth-order valence-corrected chi connectivity index (χ4v) is 9.67. The van der Waals surface area contributed by atoms with Gasteiger partial charge in [0.05, 0.1) is 7.11 Å². The van der Waals surface area contributed by atoms with E-state index >= 15 is 0 Å². The van der Waals surface area contributed by atoms with Gasteiger partial charge in [0.25, 0.3) is 5.91 Å². The Morgan fingerprint density at radius 3 is 2.16 bits per heavy atom. The van der Waals surface area contributed by atoms with Crippen molar-refractivity contribution in [2.45, 2.75) is 57.5 Å². The number of carbonyl (C=O) groups is 3. The van der Waals surface area contributed by atoms with Gasteiger partial charge < -0.3 is 19.4 Å². The summed E-state index contributed by atoms with van der Waals surface area (Å²) in [7, 11) is 1.75. The minimum atomic E-state index is -0.584. The number of hydrogen-bond acceptors (Lipinski definition) is 7. The zero-order valence-electron chi connectivity index (χ0n) is 32.3. The molecule has 4 heterocycles. The summed E-state index contributed by atoms with van der Waals surface area (Å²) in [5.74, 6) is 0.864.